The van der Waals surface area contributed by atoms with E-state index in [2.05, 4.69) is 25.2 Å². The van der Waals surface area contributed by atoms with Crippen LogP contribution >= 0.6 is 0 Å². The van der Waals surface area contributed by atoms with Gasteiger partial charge in [-0.3, -0.25) is 9.78 Å². The molecule has 0 aliphatic carbocycles. The number of anilines is 3. The van der Waals surface area contributed by atoms with E-state index < -0.39 is 17.5 Å². The van der Waals surface area contributed by atoms with Crippen LogP contribution in [0.15, 0.2) is 42.9 Å². The molecule has 0 radical (unpaired) electrons. The van der Waals surface area contributed by atoms with Gasteiger partial charge < -0.3 is 21.7 Å². The molecule has 1 unspecified atom stereocenters. The van der Waals surface area contributed by atoms with Crippen LogP contribution in [-0.2, 0) is 0 Å². The molecule has 1 atom stereocenters. The zero-order chi connectivity index (χ0) is 22.0. The maximum Gasteiger partial charge on any atom is 0.276 e. The largest absolute Gasteiger partial charge is 0.396 e. The van der Waals surface area contributed by atoms with Crippen LogP contribution in [0.2, 0.25) is 0 Å². The summed E-state index contributed by atoms with van der Waals surface area (Å²) in [6, 6.07) is 4.87. The van der Waals surface area contributed by atoms with E-state index in [1.807, 2.05) is 0 Å². The molecule has 160 valence electrons. The third kappa shape index (κ3) is 4.43. The van der Waals surface area contributed by atoms with Crippen LogP contribution in [0.25, 0.3) is 11.4 Å². The summed E-state index contributed by atoms with van der Waals surface area (Å²) < 4.78 is 27.3. The fourth-order valence-corrected chi connectivity index (χ4v) is 3.54. The molecule has 4 rings (SSSR count). The van der Waals surface area contributed by atoms with Crippen molar-refractivity contribution < 1.29 is 13.6 Å². The van der Waals surface area contributed by atoms with Crippen LogP contribution in [0.4, 0.5) is 25.8 Å². The normalized spacial score (nSPS) is 16.2. The van der Waals surface area contributed by atoms with E-state index in [-0.39, 0.29) is 28.8 Å². The maximum absolute atomic E-state index is 14.1. The Bertz CT molecular complexity index is 1120. The van der Waals surface area contributed by atoms with Crippen molar-refractivity contribution in [3.05, 3.63) is 60.2 Å². The summed E-state index contributed by atoms with van der Waals surface area (Å²) in [6.45, 7) is 1.47. The smallest absolute Gasteiger partial charge is 0.276 e. The lowest BCUT2D eigenvalue weighted by atomic mass is 10.1. The van der Waals surface area contributed by atoms with Crippen LogP contribution in [0.3, 0.4) is 0 Å². The highest BCUT2D eigenvalue weighted by molar-refractivity contribution is 6.07. The lowest BCUT2D eigenvalue weighted by molar-refractivity contribution is 0.102. The number of hydrogen-bond acceptors (Lipinski definition) is 7. The van der Waals surface area contributed by atoms with E-state index in [4.69, 9.17) is 11.5 Å². The van der Waals surface area contributed by atoms with E-state index >= 15 is 0 Å². The fraction of sp³-hybridized carbons (Fsp3) is 0.238. The van der Waals surface area contributed by atoms with Gasteiger partial charge in [0.25, 0.3) is 5.91 Å². The average Bonchev–Trinajstić information content (AvgIpc) is 2.75. The van der Waals surface area contributed by atoms with Gasteiger partial charge in [-0.05, 0) is 31.0 Å². The third-order valence-electron chi connectivity index (χ3n) is 5.05. The number of nitrogens with two attached hydrogens (primary N) is 2. The van der Waals surface area contributed by atoms with E-state index in [1.54, 1.807) is 12.3 Å². The summed E-state index contributed by atoms with van der Waals surface area (Å²) >= 11 is 0. The molecule has 1 aromatic carbocycles. The van der Waals surface area contributed by atoms with Gasteiger partial charge in [0.2, 0.25) is 0 Å². The van der Waals surface area contributed by atoms with Gasteiger partial charge in [0.1, 0.15) is 11.6 Å². The zero-order valence-corrected chi connectivity index (χ0v) is 16.6. The number of halogens is 2. The Morgan fingerprint density at radius 2 is 2.06 bits per heavy atom. The first-order valence-corrected chi connectivity index (χ1v) is 9.76. The molecule has 3 heterocycles. The minimum absolute atomic E-state index is 0.0224. The molecule has 10 heteroatoms. The molecule has 1 amide bonds. The molecular formula is C21H21F2N7O. The van der Waals surface area contributed by atoms with Gasteiger partial charge in [0.15, 0.2) is 11.5 Å². The summed E-state index contributed by atoms with van der Waals surface area (Å²) in [5.41, 5.74) is 13.1. The Kier molecular flexibility index (Phi) is 5.72. The van der Waals surface area contributed by atoms with Gasteiger partial charge in [-0.15, -0.1) is 0 Å². The Morgan fingerprint density at radius 3 is 2.84 bits per heavy atom. The van der Waals surface area contributed by atoms with Gasteiger partial charge in [0.05, 0.1) is 35.0 Å². The number of carbonyl (C=O) groups is 1. The standard InChI is InChI=1S/C21H21F2N7O/c22-12-3-4-14(15(23)8-12)20-27-9-16(25)19(29-20)21(31)28-17-10-26-6-5-18(17)30-7-1-2-13(24)11-30/h3-6,8-10,13H,1-2,7,11,24-25H2,(H,28,31). The monoisotopic (exact) mass is 425 g/mol. The van der Waals surface area contributed by atoms with E-state index in [9.17, 15) is 13.6 Å². The van der Waals surface area contributed by atoms with Crippen molar-refractivity contribution in [2.75, 3.05) is 29.0 Å². The lowest BCUT2D eigenvalue weighted by Gasteiger charge is -2.33. The Labute approximate surface area is 177 Å². The molecule has 2 aromatic heterocycles. The van der Waals surface area contributed by atoms with Gasteiger partial charge in [-0.25, -0.2) is 18.7 Å². The molecule has 1 aliphatic heterocycles. The molecule has 8 nitrogen and oxygen atoms in total. The minimum atomic E-state index is -0.841. The van der Waals surface area contributed by atoms with Crippen molar-refractivity contribution in [1.29, 1.82) is 0 Å². The Balaban J connectivity index is 1.63. The number of hydrogen-bond donors (Lipinski definition) is 3. The summed E-state index contributed by atoms with van der Waals surface area (Å²) in [6.07, 6.45) is 6.28. The van der Waals surface area contributed by atoms with Crippen LogP contribution in [0, 0.1) is 11.6 Å². The first-order valence-electron chi connectivity index (χ1n) is 9.76. The molecule has 1 saturated heterocycles. The second-order valence-electron chi connectivity index (χ2n) is 7.32. The summed E-state index contributed by atoms with van der Waals surface area (Å²) in [5.74, 6) is -2.24. The zero-order valence-electron chi connectivity index (χ0n) is 16.6. The van der Waals surface area contributed by atoms with Crippen LogP contribution in [0.1, 0.15) is 23.3 Å². The van der Waals surface area contributed by atoms with Gasteiger partial charge in [-0.1, -0.05) is 0 Å². The number of nitrogens with one attached hydrogen (secondary N) is 1. The van der Waals surface area contributed by atoms with Crippen molar-refractivity contribution in [1.82, 2.24) is 15.0 Å². The van der Waals surface area contributed by atoms with Crippen LogP contribution in [-0.4, -0.2) is 40.0 Å². The Hall–Kier alpha value is -3.66. The SMILES string of the molecule is Nc1cnc(-c2ccc(F)cc2F)nc1C(=O)Nc1cnccc1N1CCCC(N)C1. The number of carbonyl (C=O) groups excluding carboxylic acids is 1. The number of aromatic nitrogens is 3. The second kappa shape index (κ2) is 8.60. The molecule has 0 bridgehead atoms. The predicted octanol–water partition coefficient (Wildman–Crippen LogP) is 2.58. The summed E-state index contributed by atoms with van der Waals surface area (Å²) in [5, 5.41) is 2.77. The van der Waals surface area contributed by atoms with Gasteiger partial charge >= 0.3 is 0 Å². The Morgan fingerprint density at radius 1 is 1.23 bits per heavy atom. The van der Waals surface area contributed by atoms with E-state index in [0.717, 1.165) is 37.2 Å². The molecule has 31 heavy (non-hydrogen) atoms. The number of pyridine rings is 1. The van der Waals surface area contributed by atoms with Crippen molar-refractivity contribution in [3.63, 3.8) is 0 Å². The van der Waals surface area contributed by atoms with Crippen molar-refractivity contribution >= 4 is 23.0 Å². The predicted molar refractivity (Wildman–Crippen MR) is 113 cm³/mol. The first kappa shape index (κ1) is 20.6. The molecule has 0 spiro atoms. The molecular weight excluding hydrogens is 404 g/mol. The van der Waals surface area contributed by atoms with E-state index in [0.29, 0.717) is 12.2 Å². The number of rotatable bonds is 4. The highest BCUT2D eigenvalue weighted by atomic mass is 19.1. The quantitative estimate of drug-likeness (QED) is 0.587. The number of piperidine rings is 1. The minimum Gasteiger partial charge on any atom is -0.396 e. The third-order valence-corrected chi connectivity index (χ3v) is 5.05. The highest BCUT2D eigenvalue weighted by Crippen LogP contribution is 2.28. The lowest BCUT2D eigenvalue weighted by Crippen LogP contribution is -2.43. The average molecular weight is 425 g/mol. The van der Waals surface area contributed by atoms with Crippen molar-refractivity contribution in [2.24, 2.45) is 5.73 Å². The van der Waals surface area contributed by atoms with Crippen LogP contribution < -0.4 is 21.7 Å². The molecule has 1 aliphatic rings. The number of nitrogens with zero attached hydrogens (tertiary/aromatic N) is 4. The second-order valence-corrected chi connectivity index (χ2v) is 7.32. The molecule has 0 saturated carbocycles. The van der Waals surface area contributed by atoms with Crippen molar-refractivity contribution in [3.8, 4) is 11.4 Å². The van der Waals surface area contributed by atoms with Gasteiger partial charge in [0, 0.05) is 31.4 Å². The van der Waals surface area contributed by atoms with E-state index in [1.165, 1.54) is 18.5 Å². The number of benzene rings is 1. The first-order chi connectivity index (χ1) is 14.9. The van der Waals surface area contributed by atoms with Crippen molar-refractivity contribution in [2.45, 2.75) is 18.9 Å². The molecule has 1 fully saturated rings. The molecule has 3 aromatic rings. The highest BCUT2D eigenvalue weighted by Gasteiger charge is 2.22. The topological polar surface area (TPSA) is 123 Å². The molecule has 5 N–H and O–H groups in total. The van der Waals surface area contributed by atoms with Crippen LogP contribution in [0.5, 0.6) is 0 Å². The fourth-order valence-electron chi connectivity index (χ4n) is 3.54. The summed E-state index contributed by atoms with van der Waals surface area (Å²) in [7, 11) is 0. The summed E-state index contributed by atoms with van der Waals surface area (Å²) in [4.78, 5) is 27.2. The maximum atomic E-state index is 14.1. The number of nitrogen functional groups attached to an aromatic ring is 1. The number of amides is 1. The van der Waals surface area contributed by atoms with Gasteiger partial charge in [-0.2, -0.15) is 0 Å².